The number of likely N-dealkylation sites (tertiary alicyclic amines) is 1. The van der Waals surface area contributed by atoms with Crippen molar-refractivity contribution in [2.45, 2.75) is 50.6 Å². The number of carbonyl (C=O) groups is 2. The molecule has 3 aromatic heterocycles. The Balaban J connectivity index is 0.000000340. The van der Waals surface area contributed by atoms with Crippen molar-refractivity contribution in [3.63, 3.8) is 0 Å². The summed E-state index contributed by atoms with van der Waals surface area (Å²) in [4.78, 5) is 47.3. The number of hydrogen-bond acceptors (Lipinski definition) is 7. The van der Waals surface area contributed by atoms with E-state index in [0.29, 0.717) is 51.6 Å². The molecule has 3 saturated heterocycles. The van der Waals surface area contributed by atoms with Crippen molar-refractivity contribution in [3.8, 4) is 28.5 Å². The number of ether oxygens (including phenoxy) is 1. The van der Waals surface area contributed by atoms with Gasteiger partial charge in [-0.25, -0.2) is 18.6 Å². The number of carbonyl (C=O) groups excluding carboxylic acids is 2. The normalized spacial score (nSPS) is 17.6. The molecule has 3 aromatic carbocycles. The first kappa shape index (κ1) is 41.4. The molecule has 2 bridgehead atoms. The van der Waals surface area contributed by atoms with E-state index in [-0.39, 0.29) is 56.8 Å². The van der Waals surface area contributed by atoms with Crippen molar-refractivity contribution < 1.29 is 23.1 Å². The highest BCUT2D eigenvalue weighted by Gasteiger charge is 2.35. The molecule has 0 radical (unpaired) electrons. The van der Waals surface area contributed by atoms with E-state index in [1.54, 1.807) is 53.6 Å². The van der Waals surface area contributed by atoms with Crippen LogP contribution >= 0.6 is 23.2 Å². The molecule has 1 saturated carbocycles. The lowest BCUT2D eigenvalue weighted by atomic mass is 9.87. The topological polar surface area (TPSA) is 156 Å². The van der Waals surface area contributed by atoms with E-state index >= 15 is 8.78 Å². The number of pyridine rings is 2. The number of amides is 2. The second-order valence-corrected chi connectivity index (χ2v) is 15.4. The quantitative estimate of drug-likeness (QED) is 0.130. The number of aromatic amines is 2. The third-order valence-corrected chi connectivity index (χ3v) is 11.8. The number of benzene rings is 3. The Morgan fingerprint density at radius 2 is 1.88 bits per heavy atom. The van der Waals surface area contributed by atoms with E-state index in [1.807, 2.05) is 6.07 Å². The molecule has 0 spiro atoms. The minimum atomic E-state index is -0.769. The smallest absolute Gasteiger partial charge is 0.410 e. The van der Waals surface area contributed by atoms with Gasteiger partial charge in [-0.1, -0.05) is 47.5 Å². The first-order chi connectivity index (χ1) is 28.5. The van der Waals surface area contributed by atoms with E-state index < -0.39 is 23.6 Å². The summed E-state index contributed by atoms with van der Waals surface area (Å²) in [5.74, 6) is -0.967. The number of nitriles is 1. The number of rotatable bonds is 6. The number of H-pyrrole nitrogens is 2. The lowest BCUT2D eigenvalue weighted by Gasteiger charge is -2.22. The monoisotopic (exact) mass is 839 g/mol. The van der Waals surface area contributed by atoms with Crippen molar-refractivity contribution >= 4 is 57.0 Å². The molecule has 2 amide bonds. The molecule has 59 heavy (non-hydrogen) atoms. The van der Waals surface area contributed by atoms with Gasteiger partial charge >= 0.3 is 6.09 Å². The first-order valence-electron chi connectivity index (χ1n) is 19.3. The Labute approximate surface area is 348 Å². The van der Waals surface area contributed by atoms with Crippen molar-refractivity contribution in [2.75, 3.05) is 27.2 Å². The van der Waals surface area contributed by atoms with Crippen LogP contribution in [0, 0.1) is 28.9 Å². The maximum absolute atomic E-state index is 16.9. The van der Waals surface area contributed by atoms with Crippen LogP contribution in [0.5, 0.6) is 0 Å². The zero-order chi connectivity index (χ0) is 41.8. The number of nitrogens with one attached hydrogen (secondary N) is 4. The van der Waals surface area contributed by atoms with Gasteiger partial charge in [-0.3, -0.25) is 14.5 Å². The minimum Gasteiger partial charge on any atom is -0.453 e. The van der Waals surface area contributed by atoms with Crippen molar-refractivity contribution in [1.82, 2.24) is 30.5 Å². The largest absolute Gasteiger partial charge is 0.453 e. The molecular weight excluding hydrogens is 799 g/mol. The Morgan fingerprint density at radius 1 is 1.07 bits per heavy atom. The SMILES string of the molecule is C1NC2CC1C2.CNC(=O)c1ccc(-c2nc3c(F)c(-c4cccc(Cl)c4Cl)c(CCC#N)cc3c3[nH]c(C4CCCN4C(=O)OC)cc23)cc1F.O=c1cccc[nH]1. The summed E-state index contributed by atoms with van der Waals surface area (Å²) in [6, 6.07) is 20.3. The van der Waals surface area contributed by atoms with Crippen LogP contribution in [0.2, 0.25) is 10.0 Å². The number of nitrogens with zero attached hydrogens (tertiary/aromatic N) is 3. The van der Waals surface area contributed by atoms with Gasteiger partial charge in [-0.15, -0.1) is 0 Å². The maximum Gasteiger partial charge on any atom is 0.410 e. The Bertz CT molecular complexity index is 2620. The van der Waals surface area contributed by atoms with Gasteiger partial charge in [-0.2, -0.15) is 5.26 Å². The summed E-state index contributed by atoms with van der Waals surface area (Å²) in [6.45, 7) is 1.81. The van der Waals surface area contributed by atoms with Crippen LogP contribution in [0.25, 0.3) is 44.2 Å². The molecule has 6 aromatic rings. The van der Waals surface area contributed by atoms with Crippen molar-refractivity contribution in [1.29, 1.82) is 5.26 Å². The molecule has 4 aliphatic rings. The second-order valence-electron chi connectivity index (χ2n) is 14.6. The zero-order valence-corrected chi connectivity index (χ0v) is 33.8. The molecule has 1 unspecified atom stereocenters. The van der Waals surface area contributed by atoms with Gasteiger partial charge in [0.1, 0.15) is 11.3 Å². The molecular formula is C44H41Cl2F2N7O4. The molecule has 304 valence electrons. The summed E-state index contributed by atoms with van der Waals surface area (Å²) in [5, 5.41) is 16.6. The summed E-state index contributed by atoms with van der Waals surface area (Å²) in [7, 11) is 2.73. The van der Waals surface area contributed by atoms with Gasteiger partial charge in [0.15, 0.2) is 5.82 Å². The Morgan fingerprint density at radius 3 is 2.49 bits per heavy atom. The van der Waals surface area contributed by atoms with Crippen LogP contribution in [-0.2, 0) is 11.2 Å². The Kier molecular flexibility index (Phi) is 12.6. The number of methoxy groups -OCH3 is 1. The average Bonchev–Trinajstić information content (AvgIpc) is 4.07. The van der Waals surface area contributed by atoms with Gasteiger partial charge in [0.05, 0.1) is 46.0 Å². The predicted octanol–water partition coefficient (Wildman–Crippen LogP) is 9.10. The third kappa shape index (κ3) is 8.52. The van der Waals surface area contributed by atoms with E-state index in [2.05, 4.69) is 26.7 Å². The minimum absolute atomic E-state index is 0.0188. The summed E-state index contributed by atoms with van der Waals surface area (Å²) < 4.78 is 37.2. The average molecular weight is 841 g/mol. The third-order valence-electron chi connectivity index (χ3n) is 11.0. The number of halogens is 4. The van der Waals surface area contributed by atoms with E-state index in [9.17, 15) is 19.6 Å². The summed E-state index contributed by atoms with van der Waals surface area (Å²) in [5.41, 5.74) is 2.59. The van der Waals surface area contributed by atoms with Crippen LogP contribution in [0.1, 0.15) is 59.8 Å². The number of aromatic nitrogens is 3. The molecule has 4 N–H and O–H groups in total. The van der Waals surface area contributed by atoms with E-state index in [4.69, 9.17) is 32.9 Å². The van der Waals surface area contributed by atoms with E-state index in [1.165, 1.54) is 51.7 Å². The molecule has 1 atom stereocenters. The van der Waals surface area contributed by atoms with Crippen LogP contribution in [-0.4, -0.2) is 65.1 Å². The van der Waals surface area contributed by atoms with E-state index in [0.717, 1.165) is 18.4 Å². The molecule has 3 aliphatic heterocycles. The summed E-state index contributed by atoms with van der Waals surface area (Å²) in [6.07, 6.45) is 5.84. The number of hydrogen-bond donors (Lipinski definition) is 4. The maximum atomic E-state index is 16.9. The van der Waals surface area contributed by atoms with Crippen molar-refractivity contribution in [3.05, 3.63) is 122 Å². The Hall–Kier alpha value is -5.81. The van der Waals surface area contributed by atoms with Crippen LogP contribution in [0.3, 0.4) is 0 Å². The van der Waals surface area contributed by atoms with Gasteiger partial charge in [-0.05, 0) is 86.5 Å². The highest BCUT2D eigenvalue weighted by atomic mass is 35.5. The number of aryl methyl sites for hydroxylation is 1. The van der Waals surface area contributed by atoms with Gasteiger partial charge in [0.2, 0.25) is 5.56 Å². The molecule has 4 fully saturated rings. The highest BCUT2D eigenvalue weighted by Crippen LogP contribution is 2.44. The fourth-order valence-corrected chi connectivity index (χ4v) is 8.40. The van der Waals surface area contributed by atoms with Crippen LogP contribution in [0.4, 0.5) is 13.6 Å². The lowest BCUT2D eigenvalue weighted by molar-refractivity contribution is 0.0959. The molecule has 1 aliphatic carbocycles. The van der Waals surface area contributed by atoms with Crippen molar-refractivity contribution in [2.24, 2.45) is 5.92 Å². The second kappa shape index (κ2) is 18.0. The van der Waals surface area contributed by atoms with Crippen LogP contribution in [0.15, 0.2) is 77.7 Å². The fraction of sp³-hybridized carbons (Fsp3) is 0.295. The summed E-state index contributed by atoms with van der Waals surface area (Å²) >= 11 is 12.9. The lowest BCUT2D eigenvalue weighted by Crippen LogP contribution is -2.30. The highest BCUT2D eigenvalue weighted by molar-refractivity contribution is 6.43. The van der Waals surface area contributed by atoms with Gasteiger partial charge in [0, 0.05) is 71.5 Å². The predicted molar refractivity (Wildman–Crippen MR) is 224 cm³/mol. The fourth-order valence-electron chi connectivity index (χ4n) is 8.00. The molecule has 11 nitrogen and oxygen atoms in total. The molecule has 15 heteroatoms. The molecule has 10 rings (SSSR count). The van der Waals surface area contributed by atoms with Gasteiger partial charge < -0.3 is 25.3 Å². The van der Waals surface area contributed by atoms with Gasteiger partial charge in [0.25, 0.3) is 5.91 Å². The standard InChI is InChI=1S/C34H27Cl2F2N5O3.C5H5NO.C5H9N/c1-40-33(44)19-11-10-18(15-24(19)37)30-22-16-25(26-9-5-13-43(26)34(45)46-2)41-31(22)21-14-17(6-4-12-39)27(29(38)32(21)42-30)20-7-3-8-23(35)28(20)36;7-5-3-1-2-4-6-5;1-4-2-5(1)6-3-4/h3,7-8,10-11,14-16,26,41H,4-6,9,13H2,1-2H3,(H,40,44);1-4H,(H,6,7);4-6H,1-3H2. The first-order valence-corrected chi connectivity index (χ1v) is 20.0. The number of fused-ring (bicyclic) bond motifs is 4. The molecule has 6 heterocycles. The van der Waals surface area contributed by atoms with Crippen LogP contribution < -0.4 is 16.2 Å². The zero-order valence-electron chi connectivity index (χ0n) is 32.3.